The fraction of sp³-hybridized carbons (Fsp3) is 0.696. The molecule has 2 saturated carbocycles. The lowest BCUT2D eigenvalue weighted by Gasteiger charge is -2.54. The molecule has 5 nitrogen and oxygen atoms in total. The number of fused-ring (bicyclic) bond motifs is 5. The van der Waals surface area contributed by atoms with Crippen molar-refractivity contribution in [2.24, 2.45) is 28.6 Å². The van der Waals surface area contributed by atoms with Crippen LogP contribution in [0.15, 0.2) is 23.3 Å². The fourth-order valence-electron chi connectivity index (χ4n) is 6.42. The molecule has 4 aliphatic carbocycles. The fourth-order valence-corrected chi connectivity index (χ4v) is 6.42. The van der Waals surface area contributed by atoms with Crippen LogP contribution in [-0.2, 0) is 23.9 Å². The molecule has 28 heavy (non-hydrogen) atoms. The van der Waals surface area contributed by atoms with Gasteiger partial charge in [0.1, 0.15) is 11.9 Å². The van der Waals surface area contributed by atoms with Crippen molar-refractivity contribution in [2.75, 3.05) is 7.11 Å². The van der Waals surface area contributed by atoms with Gasteiger partial charge in [0.2, 0.25) is 0 Å². The van der Waals surface area contributed by atoms with Crippen LogP contribution in [0.4, 0.5) is 0 Å². The number of ether oxygens (including phenoxy) is 2. The maximum absolute atomic E-state index is 12.8. The molecule has 0 aromatic rings. The smallest absolute Gasteiger partial charge is 0.313 e. The first-order valence-corrected chi connectivity index (χ1v) is 10.4. The third-order valence-electron chi connectivity index (χ3n) is 8.01. The van der Waals surface area contributed by atoms with Crippen molar-refractivity contribution in [2.45, 2.75) is 65.4 Å². The average Bonchev–Trinajstić information content (AvgIpc) is 2.95. The molecule has 5 heteroatoms. The first kappa shape index (κ1) is 19.4. The van der Waals surface area contributed by atoms with E-state index < -0.39 is 0 Å². The number of Topliss-reactive ketones (excluding diaryl/α,β-unsaturated/α-hetero) is 1. The predicted molar refractivity (Wildman–Crippen MR) is 103 cm³/mol. The lowest BCUT2D eigenvalue weighted by molar-refractivity contribution is -0.149. The minimum Gasteiger partial charge on any atom is -0.469 e. The third-order valence-corrected chi connectivity index (χ3v) is 8.01. The molecule has 0 spiro atoms. The Bertz CT molecular complexity index is 793. The number of ketones is 1. The summed E-state index contributed by atoms with van der Waals surface area (Å²) in [7, 11) is 1.43. The van der Waals surface area contributed by atoms with Crippen LogP contribution in [0, 0.1) is 28.6 Å². The highest BCUT2D eigenvalue weighted by Gasteiger charge is 2.59. The summed E-state index contributed by atoms with van der Waals surface area (Å²) < 4.78 is 10.7. The molecule has 0 amide bonds. The Hall–Kier alpha value is -1.91. The minimum atomic E-state index is -0.370. The molecule has 0 aliphatic heterocycles. The first-order valence-electron chi connectivity index (χ1n) is 10.4. The highest BCUT2D eigenvalue weighted by Crippen LogP contribution is 2.63. The second-order valence-electron chi connectivity index (χ2n) is 9.42. The maximum atomic E-state index is 12.8. The van der Waals surface area contributed by atoms with Gasteiger partial charge in [-0.1, -0.05) is 37.1 Å². The van der Waals surface area contributed by atoms with E-state index in [2.05, 4.69) is 26.0 Å². The van der Waals surface area contributed by atoms with Gasteiger partial charge in [-0.3, -0.25) is 14.4 Å². The first-order chi connectivity index (χ1) is 13.2. The van der Waals surface area contributed by atoms with Gasteiger partial charge in [0.25, 0.3) is 0 Å². The number of rotatable bonds is 2. The van der Waals surface area contributed by atoms with Gasteiger partial charge < -0.3 is 9.47 Å². The van der Waals surface area contributed by atoms with Gasteiger partial charge in [-0.2, -0.15) is 0 Å². The van der Waals surface area contributed by atoms with Crippen LogP contribution in [0.5, 0.6) is 0 Å². The molecule has 0 heterocycles. The average molecular weight is 386 g/mol. The normalized spacial score (nSPS) is 41.8. The van der Waals surface area contributed by atoms with Gasteiger partial charge in [0, 0.05) is 36.5 Å². The topological polar surface area (TPSA) is 69.7 Å². The van der Waals surface area contributed by atoms with Gasteiger partial charge >= 0.3 is 11.9 Å². The molecular weight excluding hydrogens is 356 g/mol. The number of carbonyl (C=O) groups is 3. The van der Waals surface area contributed by atoms with Crippen molar-refractivity contribution < 1.29 is 23.9 Å². The number of methoxy groups -OCH3 is 1. The molecule has 0 aromatic carbocycles. The zero-order valence-electron chi connectivity index (χ0n) is 17.2. The van der Waals surface area contributed by atoms with Gasteiger partial charge in [-0.25, -0.2) is 0 Å². The van der Waals surface area contributed by atoms with E-state index in [-0.39, 0.29) is 46.6 Å². The predicted octanol–water partition coefficient (Wildman–Crippen LogP) is 3.77. The molecule has 152 valence electrons. The number of hydrogen-bond acceptors (Lipinski definition) is 5. The number of allylic oxidation sites excluding steroid dienone is 2. The van der Waals surface area contributed by atoms with Crippen LogP contribution in [0.25, 0.3) is 0 Å². The Morgan fingerprint density at radius 2 is 1.96 bits per heavy atom. The monoisotopic (exact) mass is 386 g/mol. The molecule has 4 rings (SSSR count). The molecule has 0 aromatic heterocycles. The summed E-state index contributed by atoms with van der Waals surface area (Å²) in [5.41, 5.74) is 1.99. The van der Waals surface area contributed by atoms with E-state index in [1.807, 2.05) is 0 Å². The van der Waals surface area contributed by atoms with Crippen molar-refractivity contribution in [3.8, 4) is 0 Å². The van der Waals surface area contributed by atoms with Crippen LogP contribution in [0.3, 0.4) is 0 Å². The van der Waals surface area contributed by atoms with Crippen molar-refractivity contribution in [3.63, 3.8) is 0 Å². The SMILES string of the molecule is COC(=O)[C@@H]1C=C2CC(OC(C)=O)CCC2(C)C2=CCC3(C)C(=O)CCC3C21. The van der Waals surface area contributed by atoms with Crippen LogP contribution < -0.4 is 0 Å². The number of carbonyl (C=O) groups excluding carboxylic acids is 3. The van der Waals surface area contributed by atoms with Gasteiger partial charge in [-0.15, -0.1) is 0 Å². The Labute approximate surface area is 166 Å². The molecule has 5 unspecified atom stereocenters. The lowest BCUT2D eigenvalue weighted by atomic mass is 9.50. The van der Waals surface area contributed by atoms with E-state index in [0.29, 0.717) is 18.6 Å². The molecule has 0 saturated heterocycles. The van der Waals surface area contributed by atoms with Crippen molar-refractivity contribution >= 4 is 17.7 Å². The highest BCUT2D eigenvalue weighted by molar-refractivity contribution is 5.88. The summed E-state index contributed by atoms with van der Waals surface area (Å²) in [6, 6.07) is 0. The van der Waals surface area contributed by atoms with E-state index in [1.54, 1.807) is 0 Å². The summed E-state index contributed by atoms with van der Waals surface area (Å²) in [4.78, 5) is 36.9. The van der Waals surface area contributed by atoms with E-state index in [0.717, 1.165) is 25.7 Å². The van der Waals surface area contributed by atoms with E-state index >= 15 is 0 Å². The molecule has 2 fully saturated rings. The Morgan fingerprint density at radius 3 is 2.64 bits per heavy atom. The minimum absolute atomic E-state index is 0.0247. The number of esters is 2. The Morgan fingerprint density at radius 1 is 1.21 bits per heavy atom. The molecule has 6 atom stereocenters. The Balaban J connectivity index is 1.78. The summed E-state index contributed by atoms with van der Waals surface area (Å²) in [6.07, 6.45) is 8.79. The maximum Gasteiger partial charge on any atom is 0.313 e. The van der Waals surface area contributed by atoms with Gasteiger partial charge in [-0.05, 0) is 31.6 Å². The van der Waals surface area contributed by atoms with Crippen LogP contribution in [0.1, 0.15) is 59.3 Å². The van der Waals surface area contributed by atoms with E-state index in [1.165, 1.54) is 25.2 Å². The van der Waals surface area contributed by atoms with E-state index in [4.69, 9.17) is 9.47 Å². The van der Waals surface area contributed by atoms with Gasteiger partial charge in [0.15, 0.2) is 0 Å². The molecule has 0 N–H and O–H groups in total. The molecule has 4 aliphatic rings. The summed E-state index contributed by atoms with van der Waals surface area (Å²) in [6.45, 7) is 5.78. The standard InChI is InChI=1S/C23H30O5/c1-13(24)28-15-7-9-22(2)14(11-15)12-16(21(26)27-4)20-17-5-6-19(25)23(17,3)10-8-18(20)22/h8,12,15-17,20H,5-7,9-11H2,1-4H3/t15?,16-,17?,20?,22?,23?/m1/s1. The van der Waals surface area contributed by atoms with Crippen molar-refractivity contribution in [1.82, 2.24) is 0 Å². The highest BCUT2D eigenvalue weighted by atomic mass is 16.5. The third kappa shape index (κ3) is 2.69. The Kier molecular flexibility index (Phi) is 4.55. The quantitative estimate of drug-likeness (QED) is 0.534. The van der Waals surface area contributed by atoms with Crippen molar-refractivity contribution in [3.05, 3.63) is 23.3 Å². The molecular formula is C23H30O5. The van der Waals surface area contributed by atoms with Crippen LogP contribution >= 0.6 is 0 Å². The van der Waals surface area contributed by atoms with Gasteiger partial charge in [0.05, 0.1) is 13.0 Å². The summed E-state index contributed by atoms with van der Waals surface area (Å²) >= 11 is 0. The zero-order valence-corrected chi connectivity index (χ0v) is 17.2. The largest absolute Gasteiger partial charge is 0.469 e. The summed E-state index contributed by atoms with van der Waals surface area (Å²) in [5.74, 6) is -0.324. The van der Waals surface area contributed by atoms with Crippen molar-refractivity contribution in [1.29, 1.82) is 0 Å². The number of hydrogen-bond donors (Lipinski definition) is 0. The second-order valence-corrected chi connectivity index (χ2v) is 9.42. The van der Waals surface area contributed by atoms with E-state index in [9.17, 15) is 14.4 Å². The molecule has 0 radical (unpaired) electrons. The van der Waals surface area contributed by atoms with Crippen LogP contribution in [-0.4, -0.2) is 30.9 Å². The molecule has 0 bridgehead atoms. The lowest BCUT2D eigenvalue weighted by Crippen LogP contribution is -2.49. The van der Waals surface area contributed by atoms with Crippen LogP contribution in [0.2, 0.25) is 0 Å². The zero-order chi connectivity index (χ0) is 20.3. The second kappa shape index (κ2) is 6.57. The summed E-state index contributed by atoms with van der Waals surface area (Å²) in [5, 5.41) is 0.